The van der Waals surface area contributed by atoms with Crippen LogP contribution in [-0.2, 0) is 24.3 Å². The molecule has 27 heavy (non-hydrogen) atoms. The van der Waals surface area contributed by atoms with E-state index in [1.54, 1.807) is 0 Å². The summed E-state index contributed by atoms with van der Waals surface area (Å²) in [7, 11) is 0. The van der Waals surface area contributed by atoms with Gasteiger partial charge in [-0.05, 0) is 36.1 Å². The van der Waals surface area contributed by atoms with Crippen LogP contribution in [-0.4, -0.2) is 22.3 Å². The molecule has 1 aromatic heterocycles. The van der Waals surface area contributed by atoms with E-state index >= 15 is 0 Å². The SMILES string of the molecule is CCc1cc(NCc2ccc(CN3CCCC3=O)cc2)c2ccccc2n1. The molecule has 0 saturated carbocycles. The second kappa shape index (κ2) is 7.78. The zero-order valence-electron chi connectivity index (χ0n) is 15.7. The number of carbonyl (C=O) groups excluding carboxylic acids is 1. The van der Waals surface area contributed by atoms with E-state index in [0.29, 0.717) is 6.42 Å². The Bertz CT molecular complexity index is 949. The van der Waals surface area contributed by atoms with Gasteiger partial charge in [-0.2, -0.15) is 0 Å². The monoisotopic (exact) mass is 359 g/mol. The molecule has 0 spiro atoms. The van der Waals surface area contributed by atoms with E-state index < -0.39 is 0 Å². The molecule has 1 saturated heterocycles. The highest BCUT2D eigenvalue weighted by atomic mass is 16.2. The van der Waals surface area contributed by atoms with Gasteiger partial charge in [-0.3, -0.25) is 9.78 Å². The summed E-state index contributed by atoms with van der Waals surface area (Å²) in [6.07, 6.45) is 2.60. The minimum atomic E-state index is 0.275. The number of nitrogens with one attached hydrogen (secondary N) is 1. The molecule has 0 aliphatic carbocycles. The average molecular weight is 359 g/mol. The van der Waals surface area contributed by atoms with Gasteiger partial charge in [0.25, 0.3) is 0 Å². The number of likely N-dealkylation sites (tertiary alicyclic amines) is 1. The smallest absolute Gasteiger partial charge is 0.222 e. The van der Waals surface area contributed by atoms with E-state index in [-0.39, 0.29) is 5.91 Å². The Labute approximate surface area is 160 Å². The molecule has 2 heterocycles. The third-order valence-electron chi connectivity index (χ3n) is 5.18. The van der Waals surface area contributed by atoms with Crippen molar-refractivity contribution in [3.05, 3.63) is 71.4 Å². The Balaban J connectivity index is 1.46. The molecular formula is C23H25N3O. The van der Waals surface area contributed by atoms with Crippen LogP contribution in [0, 0.1) is 0 Å². The Kier molecular flexibility index (Phi) is 5.05. The Morgan fingerprint density at radius 1 is 1.07 bits per heavy atom. The highest BCUT2D eigenvalue weighted by molar-refractivity contribution is 5.91. The summed E-state index contributed by atoms with van der Waals surface area (Å²) in [5, 5.41) is 4.73. The maximum Gasteiger partial charge on any atom is 0.222 e. The molecule has 0 bridgehead atoms. The molecule has 1 fully saturated rings. The number of nitrogens with zero attached hydrogens (tertiary/aromatic N) is 2. The number of rotatable bonds is 6. The van der Waals surface area contributed by atoms with Crippen molar-refractivity contribution in [3.8, 4) is 0 Å². The molecule has 2 aromatic carbocycles. The van der Waals surface area contributed by atoms with Crippen LogP contribution < -0.4 is 5.32 Å². The van der Waals surface area contributed by atoms with Crippen molar-refractivity contribution >= 4 is 22.5 Å². The quantitative estimate of drug-likeness (QED) is 0.703. The summed E-state index contributed by atoms with van der Waals surface area (Å²) in [6, 6.07) is 19.0. The first-order valence-corrected chi connectivity index (χ1v) is 9.71. The number of aromatic nitrogens is 1. The van der Waals surface area contributed by atoms with Crippen LogP contribution >= 0.6 is 0 Å². The number of amides is 1. The van der Waals surface area contributed by atoms with Crippen LogP contribution in [0.1, 0.15) is 36.6 Å². The standard InChI is InChI=1S/C23H25N3O/c1-2-19-14-22(20-6-3-4-7-21(20)25-19)24-15-17-9-11-18(12-10-17)16-26-13-5-8-23(26)27/h3-4,6-7,9-12,14H,2,5,8,13,15-16H2,1H3,(H,24,25). The van der Waals surface area contributed by atoms with Crippen molar-refractivity contribution in [2.75, 3.05) is 11.9 Å². The molecule has 0 unspecified atom stereocenters. The molecule has 4 rings (SSSR count). The van der Waals surface area contributed by atoms with Crippen LogP contribution in [0.25, 0.3) is 10.9 Å². The lowest BCUT2D eigenvalue weighted by Gasteiger charge is -2.16. The predicted molar refractivity (Wildman–Crippen MR) is 110 cm³/mol. The summed E-state index contributed by atoms with van der Waals surface area (Å²) < 4.78 is 0. The van der Waals surface area contributed by atoms with E-state index in [9.17, 15) is 4.79 Å². The molecule has 4 heteroatoms. The maximum absolute atomic E-state index is 11.8. The Morgan fingerprint density at radius 2 is 1.85 bits per heavy atom. The number of hydrogen-bond acceptors (Lipinski definition) is 3. The second-order valence-corrected chi connectivity index (χ2v) is 7.12. The molecule has 0 atom stereocenters. The molecule has 1 amide bonds. The van der Waals surface area contributed by atoms with E-state index in [4.69, 9.17) is 4.98 Å². The number of hydrogen-bond donors (Lipinski definition) is 1. The molecule has 3 aromatic rings. The van der Waals surface area contributed by atoms with E-state index in [2.05, 4.69) is 60.8 Å². The van der Waals surface area contributed by atoms with Gasteiger partial charge in [0.05, 0.1) is 5.52 Å². The van der Waals surface area contributed by atoms with Gasteiger partial charge in [0.15, 0.2) is 0 Å². The molecule has 1 aliphatic rings. The number of para-hydroxylation sites is 1. The van der Waals surface area contributed by atoms with Gasteiger partial charge in [-0.15, -0.1) is 0 Å². The Morgan fingerprint density at radius 3 is 2.59 bits per heavy atom. The Hall–Kier alpha value is -2.88. The minimum absolute atomic E-state index is 0.275. The fraction of sp³-hybridized carbons (Fsp3) is 0.304. The van der Waals surface area contributed by atoms with Crippen LogP contribution in [0.4, 0.5) is 5.69 Å². The molecule has 0 radical (unpaired) electrons. The summed E-state index contributed by atoms with van der Waals surface area (Å²) in [5.74, 6) is 0.275. The van der Waals surface area contributed by atoms with Gasteiger partial charge in [0.2, 0.25) is 5.91 Å². The largest absolute Gasteiger partial charge is 0.380 e. The number of anilines is 1. The number of carbonyl (C=O) groups is 1. The summed E-state index contributed by atoms with van der Waals surface area (Å²) >= 11 is 0. The molecule has 138 valence electrons. The third-order valence-corrected chi connectivity index (χ3v) is 5.18. The van der Waals surface area contributed by atoms with Crippen LogP contribution in [0.3, 0.4) is 0 Å². The summed E-state index contributed by atoms with van der Waals surface area (Å²) in [4.78, 5) is 18.4. The lowest BCUT2D eigenvalue weighted by molar-refractivity contribution is -0.128. The first kappa shape index (κ1) is 17.5. The van der Waals surface area contributed by atoms with E-state index in [0.717, 1.165) is 54.8 Å². The fourth-order valence-electron chi connectivity index (χ4n) is 3.61. The van der Waals surface area contributed by atoms with Gasteiger partial charge in [0, 0.05) is 42.8 Å². The fourth-order valence-corrected chi connectivity index (χ4v) is 3.61. The highest BCUT2D eigenvalue weighted by Crippen LogP contribution is 2.24. The van der Waals surface area contributed by atoms with E-state index in [1.165, 1.54) is 11.1 Å². The first-order chi connectivity index (χ1) is 13.2. The zero-order valence-corrected chi connectivity index (χ0v) is 15.7. The van der Waals surface area contributed by atoms with Crippen LogP contribution in [0.5, 0.6) is 0 Å². The number of benzene rings is 2. The summed E-state index contributed by atoms with van der Waals surface area (Å²) in [6.45, 7) is 4.50. The van der Waals surface area contributed by atoms with Crippen molar-refractivity contribution < 1.29 is 4.79 Å². The van der Waals surface area contributed by atoms with Gasteiger partial charge in [-0.1, -0.05) is 49.4 Å². The van der Waals surface area contributed by atoms with Crippen molar-refractivity contribution in [3.63, 3.8) is 0 Å². The van der Waals surface area contributed by atoms with Crippen LogP contribution in [0.2, 0.25) is 0 Å². The van der Waals surface area contributed by atoms with E-state index in [1.807, 2.05) is 11.0 Å². The van der Waals surface area contributed by atoms with Gasteiger partial charge in [0.1, 0.15) is 0 Å². The van der Waals surface area contributed by atoms with Crippen molar-refractivity contribution in [2.24, 2.45) is 0 Å². The summed E-state index contributed by atoms with van der Waals surface area (Å²) in [5.41, 5.74) is 5.68. The molecule has 4 nitrogen and oxygen atoms in total. The van der Waals surface area contributed by atoms with Crippen molar-refractivity contribution in [1.29, 1.82) is 0 Å². The second-order valence-electron chi connectivity index (χ2n) is 7.12. The van der Waals surface area contributed by atoms with Crippen molar-refractivity contribution in [1.82, 2.24) is 9.88 Å². The third kappa shape index (κ3) is 3.95. The lowest BCUT2D eigenvalue weighted by atomic mass is 10.1. The highest BCUT2D eigenvalue weighted by Gasteiger charge is 2.19. The topological polar surface area (TPSA) is 45.2 Å². The normalized spacial score (nSPS) is 14.1. The first-order valence-electron chi connectivity index (χ1n) is 9.71. The molecule has 1 aliphatic heterocycles. The number of fused-ring (bicyclic) bond motifs is 1. The van der Waals surface area contributed by atoms with Crippen LogP contribution in [0.15, 0.2) is 54.6 Å². The maximum atomic E-state index is 11.8. The lowest BCUT2D eigenvalue weighted by Crippen LogP contribution is -2.23. The van der Waals surface area contributed by atoms with Gasteiger partial charge < -0.3 is 10.2 Å². The molecule has 1 N–H and O–H groups in total. The average Bonchev–Trinajstić information content (AvgIpc) is 3.11. The number of pyridine rings is 1. The predicted octanol–water partition coefficient (Wildman–Crippen LogP) is 4.53. The van der Waals surface area contributed by atoms with Gasteiger partial charge in [-0.25, -0.2) is 0 Å². The molecular weight excluding hydrogens is 334 g/mol. The minimum Gasteiger partial charge on any atom is -0.380 e. The van der Waals surface area contributed by atoms with Gasteiger partial charge >= 0.3 is 0 Å². The zero-order chi connectivity index (χ0) is 18.6. The van der Waals surface area contributed by atoms with Crippen molar-refractivity contribution in [2.45, 2.75) is 39.3 Å². The number of aryl methyl sites for hydroxylation is 1.